The highest BCUT2D eigenvalue weighted by Crippen LogP contribution is 2.28. The fourth-order valence-corrected chi connectivity index (χ4v) is 3.92. The van der Waals surface area contributed by atoms with E-state index >= 15 is 0 Å². The molecule has 28 heavy (non-hydrogen) atoms. The van der Waals surface area contributed by atoms with Crippen LogP contribution in [0.3, 0.4) is 0 Å². The van der Waals surface area contributed by atoms with Crippen molar-refractivity contribution < 1.29 is 14.3 Å². The van der Waals surface area contributed by atoms with Gasteiger partial charge < -0.3 is 24.3 Å². The van der Waals surface area contributed by atoms with E-state index in [0.29, 0.717) is 29.8 Å². The number of ether oxygens (including phenoxy) is 2. The molecule has 1 amide bonds. The van der Waals surface area contributed by atoms with Crippen LogP contribution in [0.25, 0.3) is 0 Å². The van der Waals surface area contributed by atoms with Gasteiger partial charge in [-0.3, -0.25) is 4.79 Å². The van der Waals surface area contributed by atoms with Crippen LogP contribution in [0.4, 0.5) is 0 Å². The number of imidazole rings is 1. The number of likely N-dealkylation sites (tertiary alicyclic amines) is 1. The largest absolute Gasteiger partial charge is 0.493 e. The average molecular weight is 386 g/mol. The molecule has 3 rings (SSSR count). The van der Waals surface area contributed by atoms with Crippen LogP contribution in [0, 0.1) is 13.8 Å². The number of carbonyl (C=O) groups excluding carboxylic acids is 1. The van der Waals surface area contributed by atoms with Crippen molar-refractivity contribution >= 4 is 5.91 Å². The summed E-state index contributed by atoms with van der Waals surface area (Å²) in [6.45, 7) is 6.52. The molecule has 0 saturated carbocycles. The molecule has 0 unspecified atom stereocenters. The highest BCUT2D eigenvalue weighted by atomic mass is 16.5. The third kappa shape index (κ3) is 4.14. The molecule has 7 nitrogen and oxygen atoms in total. The molecule has 1 aliphatic heterocycles. The highest BCUT2D eigenvalue weighted by Gasteiger charge is 2.25. The van der Waals surface area contributed by atoms with Crippen LogP contribution in [0.15, 0.2) is 18.2 Å². The second-order valence-corrected chi connectivity index (χ2v) is 7.37. The molecule has 1 saturated heterocycles. The Morgan fingerprint density at radius 1 is 1.18 bits per heavy atom. The molecule has 1 fully saturated rings. The number of piperidine rings is 1. The lowest BCUT2D eigenvalue weighted by Crippen LogP contribution is -2.32. The van der Waals surface area contributed by atoms with Crippen LogP contribution < -0.4 is 14.8 Å². The van der Waals surface area contributed by atoms with Gasteiger partial charge >= 0.3 is 0 Å². The maximum absolute atomic E-state index is 12.8. The smallest absolute Gasteiger partial charge is 0.272 e. The summed E-state index contributed by atoms with van der Waals surface area (Å²) in [7, 11) is 5.35. The van der Waals surface area contributed by atoms with Gasteiger partial charge in [0.25, 0.3) is 5.91 Å². The minimum atomic E-state index is -0.151. The van der Waals surface area contributed by atoms with Crippen molar-refractivity contribution in [2.24, 2.45) is 0 Å². The number of hydrogen-bond donors (Lipinski definition) is 1. The number of carbonyl (C=O) groups is 1. The van der Waals surface area contributed by atoms with E-state index in [2.05, 4.69) is 26.8 Å². The quantitative estimate of drug-likeness (QED) is 0.827. The summed E-state index contributed by atoms with van der Waals surface area (Å²) >= 11 is 0. The first kappa shape index (κ1) is 20.2. The van der Waals surface area contributed by atoms with Crippen molar-refractivity contribution in [1.29, 1.82) is 0 Å². The van der Waals surface area contributed by atoms with E-state index in [1.807, 2.05) is 32.0 Å². The normalized spacial score (nSPS) is 15.5. The van der Waals surface area contributed by atoms with Gasteiger partial charge in [-0.25, -0.2) is 4.98 Å². The summed E-state index contributed by atoms with van der Waals surface area (Å²) in [5, 5.41) is 2.98. The van der Waals surface area contributed by atoms with Crippen LogP contribution >= 0.6 is 0 Å². The van der Waals surface area contributed by atoms with Gasteiger partial charge in [0.2, 0.25) is 0 Å². The fourth-order valence-electron chi connectivity index (χ4n) is 3.92. The van der Waals surface area contributed by atoms with Gasteiger partial charge in [-0.15, -0.1) is 0 Å². The molecule has 0 atom stereocenters. The van der Waals surface area contributed by atoms with Crippen LogP contribution in [0.2, 0.25) is 0 Å². The standard InChI is InChI=1S/C21H30N4O3/c1-14-20(23-15(2)25(14)17-8-10-24(3)11-9-17)21(26)22-13-16-6-7-18(27-4)19(12-16)28-5/h6-7,12,17H,8-11,13H2,1-5H3,(H,22,26). The summed E-state index contributed by atoms with van der Waals surface area (Å²) in [5.41, 5.74) is 2.39. The maximum Gasteiger partial charge on any atom is 0.272 e. The zero-order valence-corrected chi connectivity index (χ0v) is 17.4. The van der Waals surface area contributed by atoms with Gasteiger partial charge in [-0.1, -0.05) is 6.07 Å². The molecule has 7 heteroatoms. The molecule has 2 aromatic rings. The van der Waals surface area contributed by atoms with Crippen molar-refractivity contribution in [1.82, 2.24) is 19.8 Å². The Labute approximate surface area is 166 Å². The molecular weight excluding hydrogens is 356 g/mol. The van der Waals surface area contributed by atoms with Crippen LogP contribution in [0.5, 0.6) is 11.5 Å². The summed E-state index contributed by atoms with van der Waals surface area (Å²) in [4.78, 5) is 19.7. The number of nitrogens with zero attached hydrogens (tertiary/aromatic N) is 3. The summed E-state index contributed by atoms with van der Waals surface area (Å²) in [6.07, 6.45) is 2.17. The number of aromatic nitrogens is 2. The van der Waals surface area contributed by atoms with E-state index in [-0.39, 0.29) is 5.91 Å². The van der Waals surface area contributed by atoms with E-state index in [0.717, 1.165) is 43.0 Å². The number of aryl methyl sites for hydroxylation is 1. The summed E-state index contributed by atoms with van der Waals surface area (Å²) in [6, 6.07) is 6.03. The van der Waals surface area contributed by atoms with Gasteiger partial charge in [0.15, 0.2) is 11.5 Å². The molecule has 152 valence electrons. The first-order valence-corrected chi connectivity index (χ1v) is 9.67. The first-order valence-electron chi connectivity index (χ1n) is 9.67. The van der Waals surface area contributed by atoms with Crippen molar-refractivity contribution in [3.63, 3.8) is 0 Å². The molecule has 1 aliphatic rings. The Balaban J connectivity index is 1.70. The van der Waals surface area contributed by atoms with Crippen LogP contribution in [0.1, 0.15) is 46.5 Å². The van der Waals surface area contributed by atoms with Crippen molar-refractivity contribution in [2.75, 3.05) is 34.4 Å². The molecule has 1 aromatic carbocycles. The van der Waals surface area contributed by atoms with Crippen molar-refractivity contribution in [2.45, 2.75) is 39.3 Å². The minimum absolute atomic E-state index is 0.151. The SMILES string of the molecule is COc1ccc(CNC(=O)c2nc(C)n(C3CCN(C)CC3)c2C)cc1OC. The van der Waals surface area contributed by atoms with Gasteiger partial charge in [-0.05, 0) is 64.5 Å². The zero-order valence-electron chi connectivity index (χ0n) is 17.4. The predicted octanol–water partition coefficient (Wildman–Crippen LogP) is 2.71. The average Bonchev–Trinajstić information content (AvgIpc) is 3.00. The van der Waals surface area contributed by atoms with Gasteiger partial charge in [0, 0.05) is 18.3 Å². The molecule has 2 heterocycles. The van der Waals surface area contributed by atoms with E-state index in [1.54, 1.807) is 14.2 Å². The molecule has 1 aromatic heterocycles. The highest BCUT2D eigenvalue weighted by molar-refractivity contribution is 5.93. The molecule has 0 bridgehead atoms. The summed E-state index contributed by atoms with van der Waals surface area (Å²) in [5.74, 6) is 2.07. The third-order valence-electron chi connectivity index (χ3n) is 5.50. The van der Waals surface area contributed by atoms with E-state index < -0.39 is 0 Å². The van der Waals surface area contributed by atoms with E-state index in [1.165, 1.54) is 0 Å². The lowest BCUT2D eigenvalue weighted by molar-refractivity contribution is 0.0945. The molecule has 1 N–H and O–H groups in total. The lowest BCUT2D eigenvalue weighted by Gasteiger charge is -2.31. The Hall–Kier alpha value is -2.54. The fraction of sp³-hybridized carbons (Fsp3) is 0.524. The van der Waals surface area contributed by atoms with Crippen LogP contribution in [-0.4, -0.2) is 54.7 Å². The van der Waals surface area contributed by atoms with E-state index in [4.69, 9.17) is 9.47 Å². The second-order valence-electron chi connectivity index (χ2n) is 7.37. The number of rotatable bonds is 6. The van der Waals surface area contributed by atoms with Crippen molar-refractivity contribution in [3.05, 3.63) is 41.0 Å². The topological polar surface area (TPSA) is 68.6 Å². The first-order chi connectivity index (χ1) is 13.4. The number of benzene rings is 1. The monoisotopic (exact) mass is 386 g/mol. The minimum Gasteiger partial charge on any atom is -0.493 e. The third-order valence-corrected chi connectivity index (χ3v) is 5.50. The number of nitrogens with one attached hydrogen (secondary N) is 1. The lowest BCUT2D eigenvalue weighted by atomic mass is 10.0. The maximum atomic E-state index is 12.8. The molecular formula is C21H30N4O3. The van der Waals surface area contributed by atoms with Crippen molar-refractivity contribution in [3.8, 4) is 11.5 Å². The van der Waals surface area contributed by atoms with Gasteiger partial charge in [-0.2, -0.15) is 0 Å². The van der Waals surface area contributed by atoms with E-state index in [9.17, 15) is 4.79 Å². The second kappa shape index (κ2) is 8.65. The molecule has 0 aliphatic carbocycles. The number of amides is 1. The Bertz CT molecular complexity index is 838. The molecule has 0 spiro atoms. The van der Waals surface area contributed by atoms with Crippen LogP contribution in [-0.2, 0) is 6.54 Å². The zero-order chi connectivity index (χ0) is 20.3. The Morgan fingerprint density at radius 2 is 1.86 bits per heavy atom. The van der Waals surface area contributed by atoms with Gasteiger partial charge in [0.1, 0.15) is 11.5 Å². The summed E-state index contributed by atoms with van der Waals surface area (Å²) < 4.78 is 12.8. The molecule has 0 radical (unpaired) electrons. The number of hydrogen-bond acceptors (Lipinski definition) is 5. The Kier molecular flexibility index (Phi) is 6.24. The number of methoxy groups -OCH3 is 2. The van der Waals surface area contributed by atoms with Gasteiger partial charge in [0.05, 0.1) is 14.2 Å². The predicted molar refractivity (Wildman–Crippen MR) is 108 cm³/mol. The Morgan fingerprint density at radius 3 is 2.50 bits per heavy atom.